The number of hydrogen-bond acceptors (Lipinski definition) is 5. The Kier molecular flexibility index (Phi) is 6.31. The average Bonchev–Trinajstić information content (AvgIpc) is 2.67. The number of carbonyl (C=O) groups excluding carboxylic acids is 2. The highest BCUT2D eigenvalue weighted by atomic mass is 16.2. The van der Waals surface area contributed by atoms with Crippen LogP contribution in [0.2, 0.25) is 0 Å². The molecule has 0 aromatic carbocycles. The zero-order valence-corrected chi connectivity index (χ0v) is 16.5. The van der Waals surface area contributed by atoms with Crippen molar-refractivity contribution < 1.29 is 9.59 Å². The van der Waals surface area contributed by atoms with Crippen molar-refractivity contribution in [1.82, 2.24) is 15.2 Å². The first-order valence-electron chi connectivity index (χ1n) is 10.1. The summed E-state index contributed by atoms with van der Waals surface area (Å²) in [6, 6.07) is 3.87. The van der Waals surface area contributed by atoms with Crippen LogP contribution in [0.25, 0.3) is 0 Å². The van der Waals surface area contributed by atoms with Crippen LogP contribution in [0.1, 0.15) is 46.0 Å². The van der Waals surface area contributed by atoms with E-state index in [1.54, 1.807) is 6.20 Å². The van der Waals surface area contributed by atoms with Crippen LogP contribution in [0.5, 0.6) is 0 Å². The van der Waals surface area contributed by atoms with Crippen molar-refractivity contribution in [2.45, 2.75) is 51.5 Å². The molecule has 2 N–H and O–H groups in total. The van der Waals surface area contributed by atoms with Crippen molar-refractivity contribution in [2.24, 2.45) is 0 Å². The van der Waals surface area contributed by atoms with E-state index in [0.29, 0.717) is 18.8 Å². The van der Waals surface area contributed by atoms with Crippen molar-refractivity contribution in [3.8, 4) is 0 Å². The number of pyridine rings is 1. The molecule has 3 rings (SSSR count). The minimum absolute atomic E-state index is 0.0101. The minimum Gasteiger partial charge on any atom is -0.357 e. The highest BCUT2D eigenvalue weighted by Crippen LogP contribution is 2.24. The first-order valence-corrected chi connectivity index (χ1v) is 10.1. The summed E-state index contributed by atoms with van der Waals surface area (Å²) in [5, 5.41) is 5.84. The Morgan fingerprint density at radius 2 is 2.04 bits per heavy atom. The molecule has 2 amide bonds. The van der Waals surface area contributed by atoms with Crippen molar-refractivity contribution in [1.29, 1.82) is 0 Å². The molecule has 2 aliphatic rings. The van der Waals surface area contributed by atoms with E-state index in [1.807, 2.05) is 24.0 Å². The number of hydrogen-bond donors (Lipinski definition) is 2. The van der Waals surface area contributed by atoms with E-state index >= 15 is 0 Å². The van der Waals surface area contributed by atoms with E-state index in [1.165, 1.54) is 19.3 Å². The van der Waals surface area contributed by atoms with Gasteiger partial charge in [-0.05, 0) is 44.7 Å². The number of carbonyl (C=O) groups is 2. The van der Waals surface area contributed by atoms with Crippen LogP contribution in [-0.2, 0) is 9.59 Å². The maximum atomic E-state index is 12.5. The Bertz CT molecular complexity index is 657. The van der Waals surface area contributed by atoms with Gasteiger partial charge in [0.2, 0.25) is 11.8 Å². The second-order valence-corrected chi connectivity index (χ2v) is 7.70. The van der Waals surface area contributed by atoms with Crippen LogP contribution >= 0.6 is 0 Å². The lowest BCUT2D eigenvalue weighted by molar-refractivity contribution is -0.138. The van der Waals surface area contributed by atoms with Crippen molar-refractivity contribution in [2.75, 3.05) is 42.9 Å². The SMILES string of the molecule is CCC[C@@]1(C)C(=O)NCCN1CC(=O)Nc1ccc(N2CCCCC2)nc1. The van der Waals surface area contributed by atoms with Gasteiger partial charge in [0.05, 0.1) is 24.0 Å². The molecule has 0 unspecified atom stereocenters. The molecule has 27 heavy (non-hydrogen) atoms. The van der Waals surface area contributed by atoms with E-state index in [0.717, 1.165) is 31.7 Å². The third kappa shape index (κ3) is 4.58. The van der Waals surface area contributed by atoms with Gasteiger partial charge in [-0.2, -0.15) is 0 Å². The molecule has 0 aliphatic carbocycles. The molecule has 2 saturated heterocycles. The molecule has 2 aliphatic heterocycles. The summed E-state index contributed by atoms with van der Waals surface area (Å²) in [5.74, 6) is 0.867. The lowest BCUT2D eigenvalue weighted by Crippen LogP contribution is -2.64. The molecular weight excluding hydrogens is 342 g/mol. The largest absolute Gasteiger partial charge is 0.357 e. The molecule has 0 saturated carbocycles. The highest BCUT2D eigenvalue weighted by molar-refractivity contribution is 5.93. The number of piperidine rings is 1. The predicted molar refractivity (Wildman–Crippen MR) is 107 cm³/mol. The van der Waals surface area contributed by atoms with Gasteiger partial charge in [-0.15, -0.1) is 0 Å². The number of nitrogens with zero attached hydrogens (tertiary/aromatic N) is 3. The summed E-state index contributed by atoms with van der Waals surface area (Å²) in [5.41, 5.74) is 0.0696. The average molecular weight is 374 g/mol. The molecule has 3 heterocycles. The first-order chi connectivity index (χ1) is 13.0. The van der Waals surface area contributed by atoms with E-state index in [9.17, 15) is 9.59 Å². The number of aromatic nitrogens is 1. The van der Waals surface area contributed by atoms with Gasteiger partial charge in [-0.3, -0.25) is 14.5 Å². The molecule has 0 bridgehead atoms. The van der Waals surface area contributed by atoms with Crippen LogP contribution < -0.4 is 15.5 Å². The number of piperazine rings is 1. The molecule has 1 atom stereocenters. The summed E-state index contributed by atoms with van der Waals surface area (Å²) >= 11 is 0. The second kappa shape index (κ2) is 8.69. The highest BCUT2D eigenvalue weighted by Gasteiger charge is 2.41. The molecule has 148 valence electrons. The number of nitrogens with one attached hydrogen (secondary N) is 2. The monoisotopic (exact) mass is 373 g/mol. The maximum absolute atomic E-state index is 12.5. The molecule has 1 aromatic rings. The van der Waals surface area contributed by atoms with Gasteiger partial charge >= 0.3 is 0 Å². The van der Waals surface area contributed by atoms with Gasteiger partial charge in [-0.25, -0.2) is 4.98 Å². The van der Waals surface area contributed by atoms with Gasteiger partial charge in [0, 0.05) is 26.2 Å². The lowest BCUT2D eigenvalue weighted by Gasteiger charge is -2.43. The van der Waals surface area contributed by atoms with Crippen molar-refractivity contribution in [3.63, 3.8) is 0 Å². The Hall–Kier alpha value is -2.15. The third-order valence-corrected chi connectivity index (χ3v) is 5.64. The van der Waals surface area contributed by atoms with Gasteiger partial charge in [-0.1, -0.05) is 13.3 Å². The van der Waals surface area contributed by atoms with Crippen LogP contribution in [0, 0.1) is 0 Å². The smallest absolute Gasteiger partial charge is 0.240 e. The van der Waals surface area contributed by atoms with Gasteiger partial charge in [0.25, 0.3) is 0 Å². The first kappa shape index (κ1) is 19.6. The zero-order valence-electron chi connectivity index (χ0n) is 16.5. The second-order valence-electron chi connectivity index (χ2n) is 7.70. The van der Waals surface area contributed by atoms with Crippen LogP contribution in [0.3, 0.4) is 0 Å². The standard InChI is InChI=1S/C20H31N5O2/c1-3-9-20(2)19(27)21-10-13-25(20)15-18(26)23-16-7-8-17(22-14-16)24-11-5-4-6-12-24/h7-8,14H,3-6,9-13,15H2,1-2H3,(H,21,27)(H,23,26)/t20-/m0/s1. The Morgan fingerprint density at radius 1 is 1.26 bits per heavy atom. The summed E-state index contributed by atoms with van der Waals surface area (Å²) in [6.45, 7) is 7.54. The molecule has 7 nitrogen and oxygen atoms in total. The fraction of sp³-hybridized carbons (Fsp3) is 0.650. The molecule has 2 fully saturated rings. The summed E-state index contributed by atoms with van der Waals surface area (Å²) in [4.78, 5) is 33.7. The number of rotatable bonds is 6. The molecule has 0 radical (unpaired) electrons. The third-order valence-electron chi connectivity index (χ3n) is 5.64. The molecule has 0 spiro atoms. The van der Waals surface area contributed by atoms with E-state index in [2.05, 4.69) is 27.4 Å². The van der Waals surface area contributed by atoms with Crippen LogP contribution in [0.15, 0.2) is 18.3 Å². The van der Waals surface area contributed by atoms with Crippen LogP contribution in [0.4, 0.5) is 11.5 Å². The van der Waals surface area contributed by atoms with Gasteiger partial charge < -0.3 is 15.5 Å². The maximum Gasteiger partial charge on any atom is 0.240 e. The van der Waals surface area contributed by atoms with E-state index in [4.69, 9.17) is 0 Å². The van der Waals surface area contributed by atoms with Crippen molar-refractivity contribution >= 4 is 23.3 Å². The number of anilines is 2. The fourth-order valence-corrected chi connectivity index (χ4v) is 4.04. The molecule has 1 aromatic heterocycles. The Balaban J connectivity index is 1.59. The van der Waals surface area contributed by atoms with Crippen LogP contribution in [-0.4, -0.2) is 60.0 Å². The summed E-state index contributed by atoms with van der Waals surface area (Å²) in [7, 11) is 0. The van der Waals surface area contributed by atoms with Crippen molar-refractivity contribution in [3.05, 3.63) is 18.3 Å². The minimum atomic E-state index is -0.624. The summed E-state index contributed by atoms with van der Waals surface area (Å²) in [6.07, 6.45) is 7.05. The topological polar surface area (TPSA) is 77.6 Å². The Morgan fingerprint density at radius 3 is 2.70 bits per heavy atom. The fourth-order valence-electron chi connectivity index (χ4n) is 4.04. The van der Waals surface area contributed by atoms with E-state index < -0.39 is 5.54 Å². The van der Waals surface area contributed by atoms with Gasteiger partial charge in [0.15, 0.2) is 0 Å². The quantitative estimate of drug-likeness (QED) is 0.798. The normalized spacial score (nSPS) is 23.8. The molecular formula is C20H31N5O2. The zero-order chi connectivity index (χ0) is 19.3. The predicted octanol–water partition coefficient (Wildman–Crippen LogP) is 2.00. The summed E-state index contributed by atoms with van der Waals surface area (Å²) < 4.78 is 0. The lowest BCUT2D eigenvalue weighted by atomic mass is 9.90. The van der Waals surface area contributed by atoms with E-state index in [-0.39, 0.29) is 18.4 Å². The number of amides is 2. The van der Waals surface area contributed by atoms with Gasteiger partial charge in [0.1, 0.15) is 5.82 Å². The Labute approximate surface area is 161 Å². The molecule has 7 heteroatoms.